The summed E-state index contributed by atoms with van der Waals surface area (Å²) in [6, 6.07) is 4.52. The van der Waals surface area contributed by atoms with Crippen LogP contribution in [-0.2, 0) is 29.9 Å². The molecule has 2 heterocycles. The number of aromatic nitrogens is 2. The third kappa shape index (κ3) is 6.84. The van der Waals surface area contributed by atoms with Crippen molar-refractivity contribution in [3.05, 3.63) is 46.6 Å². The molecule has 0 unspecified atom stereocenters. The first-order valence-corrected chi connectivity index (χ1v) is 12.7. The lowest BCUT2D eigenvalue weighted by Crippen LogP contribution is -2.34. The van der Waals surface area contributed by atoms with Crippen LogP contribution in [0.3, 0.4) is 0 Å². The Kier molecular flexibility index (Phi) is 8.64. The van der Waals surface area contributed by atoms with E-state index in [4.69, 9.17) is 9.47 Å². The molecule has 0 bridgehead atoms. The van der Waals surface area contributed by atoms with Gasteiger partial charge in [0.2, 0.25) is 0 Å². The fraction of sp³-hybridized carbons (Fsp3) is 0.630. The molecule has 3 rings (SSSR count). The van der Waals surface area contributed by atoms with Crippen LogP contribution < -0.4 is 10.2 Å². The lowest BCUT2D eigenvalue weighted by atomic mass is 9.92. The van der Waals surface area contributed by atoms with Crippen molar-refractivity contribution in [3.8, 4) is 5.75 Å². The van der Waals surface area contributed by atoms with E-state index in [9.17, 15) is 23.1 Å². The molecule has 7 nitrogen and oxygen atoms in total. The molecule has 1 aliphatic heterocycles. The molecular weight excluding hydrogens is 487 g/mol. The van der Waals surface area contributed by atoms with Crippen LogP contribution in [0.4, 0.5) is 13.2 Å². The van der Waals surface area contributed by atoms with Gasteiger partial charge in [0.25, 0.3) is 5.91 Å². The van der Waals surface area contributed by atoms with Crippen LogP contribution in [0, 0.1) is 0 Å². The molecule has 1 aliphatic rings. The van der Waals surface area contributed by atoms with Gasteiger partial charge in [0, 0.05) is 30.8 Å². The van der Waals surface area contributed by atoms with E-state index < -0.39 is 23.2 Å². The first-order valence-electron chi connectivity index (χ1n) is 12.7. The highest BCUT2D eigenvalue weighted by Gasteiger charge is 2.33. The zero-order valence-electron chi connectivity index (χ0n) is 22.5. The summed E-state index contributed by atoms with van der Waals surface area (Å²) in [6.07, 6.45) is -2.09. The lowest BCUT2D eigenvalue weighted by molar-refractivity contribution is -0.137. The average molecular weight is 526 g/mol. The second-order valence-corrected chi connectivity index (χ2v) is 10.7. The summed E-state index contributed by atoms with van der Waals surface area (Å²) < 4.78 is 55.8. The number of rotatable bonds is 8. The van der Waals surface area contributed by atoms with Crippen LogP contribution >= 0.6 is 0 Å². The van der Waals surface area contributed by atoms with Gasteiger partial charge in [-0.15, -0.1) is 0 Å². The highest BCUT2D eigenvalue weighted by molar-refractivity contribution is 5.97. The maximum absolute atomic E-state index is 13.5. The second-order valence-electron chi connectivity index (χ2n) is 10.7. The van der Waals surface area contributed by atoms with Crippen molar-refractivity contribution in [1.29, 1.82) is 0 Å². The lowest BCUT2D eigenvalue weighted by Gasteiger charge is -2.25. The van der Waals surface area contributed by atoms with E-state index in [0.717, 1.165) is 36.7 Å². The Morgan fingerprint density at radius 3 is 2.41 bits per heavy atom. The van der Waals surface area contributed by atoms with E-state index in [1.165, 1.54) is 0 Å². The summed E-state index contributed by atoms with van der Waals surface area (Å²) in [4.78, 5) is 17.7. The number of benzene rings is 1. The van der Waals surface area contributed by atoms with E-state index in [1.807, 2.05) is 37.2 Å². The first-order chi connectivity index (χ1) is 17.2. The van der Waals surface area contributed by atoms with Crippen molar-refractivity contribution in [1.82, 2.24) is 9.36 Å². The van der Waals surface area contributed by atoms with Crippen molar-refractivity contribution in [2.45, 2.75) is 90.1 Å². The van der Waals surface area contributed by atoms with Gasteiger partial charge in [0.15, 0.2) is 5.49 Å². The van der Waals surface area contributed by atoms with Gasteiger partial charge in [-0.2, -0.15) is 18.2 Å². The molecule has 2 aromatic rings. The Labute approximate surface area is 215 Å². The number of amides is 1. The third-order valence-electron chi connectivity index (χ3n) is 6.98. The van der Waals surface area contributed by atoms with Crippen molar-refractivity contribution < 1.29 is 32.5 Å². The molecule has 0 radical (unpaired) electrons. The molecule has 0 saturated carbocycles. The number of carbonyl (C=O) groups excluding carboxylic acids is 1. The molecule has 37 heavy (non-hydrogen) atoms. The summed E-state index contributed by atoms with van der Waals surface area (Å²) in [6.45, 7) is 10.6. The summed E-state index contributed by atoms with van der Waals surface area (Å²) in [7, 11) is 1.87. The molecule has 10 heteroatoms. The van der Waals surface area contributed by atoms with E-state index in [1.54, 1.807) is 19.9 Å². The average Bonchev–Trinajstić information content (AvgIpc) is 3.45. The molecule has 206 valence electrons. The maximum Gasteiger partial charge on any atom is 0.416 e. The predicted octanol–water partition coefficient (Wildman–Crippen LogP) is 4.99. The van der Waals surface area contributed by atoms with E-state index >= 15 is 0 Å². The third-order valence-corrected chi connectivity index (χ3v) is 6.98. The normalized spacial score (nSPS) is 17.5. The minimum atomic E-state index is -4.65. The Morgan fingerprint density at radius 2 is 1.86 bits per heavy atom. The predicted molar refractivity (Wildman–Crippen MR) is 133 cm³/mol. The van der Waals surface area contributed by atoms with Crippen molar-refractivity contribution in [2.24, 2.45) is 12.0 Å². The van der Waals surface area contributed by atoms with Gasteiger partial charge in [0.05, 0.1) is 29.4 Å². The van der Waals surface area contributed by atoms with Crippen molar-refractivity contribution in [2.75, 3.05) is 13.2 Å². The first kappa shape index (κ1) is 29.0. The van der Waals surface area contributed by atoms with Gasteiger partial charge in [-0.25, -0.2) is 0 Å². The molecule has 1 atom stereocenters. The molecule has 1 N–H and O–H groups in total. The van der Waals surface area contributed by atoms with Crippen molar-refractivity contribution in [3.63, 3.8) is 0 Å². The molecule has 1 saturated heterocycles. The molecule has 0 aliphatic carbocycles. The second kappa shape index (κ2) is 11.0. The number of hydrogen-bond acceptors (Lipinski definition) is 4. The largest absolute Gasteiger partial charge is 0.490 e. The Bertz CT molecular complexity index is 1170. The van der Waals surface area contributed by atoms with Crippen LogP contribution in [-0.4, -0.2) is 45.3 Å². The quantitative estimate of drug-likeness (QED) is 0.527. The summed E-state index contributed by atoms with van der Waals surface area (Å²) in [5.74, 6) is -0.912. The number of ether oxygens (including phenoxy) is 2. The van der Waals surface area contributed by atoms with Gasteiger partial charge in [-0.05, 0) is 43.9 Å². The van der Waals surface area contributed by atoms with E-state index in [0.29, 0.717) is 31.5 Å². The SMILES string of the molecule is CCC(O)(CC)COc1ccc(C(F)(F)F)cc1C(=O)/N=c1\cc(C(C)(C)C)n(C)n1C[C@H]1CCCO1. The highest BCUT2D eigenvalue weighted by Crippen LogP contribution is 2.33. The highest BCUT2D eigenvalue weighted by atomic mass is 19.4. The zero-order chi connectivity index (χ0) is 27.6. The standard InChI is InChI=1S/C27H38F3N3O4/c1-7-26(35,8-2)17-37-21-12-11-18(27(28,29)30)14-20(21)24(34)31-23-15-22(25(3,4)5)32(6)33(23)16-19-10-9-13-36-19/h11-12,14-15,19,35H,7-10,13,16-17H2,1-6H3/b31-23+/t19-/m1/s1. The monoisotopic (exact) mass is 525 g/mol. The summed E-state index contributed by atoms with van der Waals surface area (Å²) in [5.41, 5.74) is -1.47. The molecule has 1 amide bonds. The number of halogens is 3. The van der Waals surface area contributed by atoms with Gasteiger partial charge < -0.3 is 14.6 Å². The number of alkyl halides is 3. The Hall–Kier alpha value is -2.59. The minimum Gasteiger partial charge on any atom is -0.490 e. The van der Waals surface area contributed by atoms with Gasteiger partial charge in [-0.1, -0.05) is 34.6 Å². The topological polar surface area (TPSA) is 78.0 Å². The number of nitrogens with zero attached hydrogens (tertiary/aromatic N) is 3. The Balaban J connectivity index is 2.09. The van der Waals surface area contributed by atoms with Crippen LogP contribution in [0.25, 0.3) is 0 Å². The van der Waals surface area contributed by atoms with Crippen LogP contribution in [0.5, 0.6) is 5.75 Å². The maximum atomic E-state index is 13.5. The number of carbonyl (C=O) groups is 1. The zero-order valence-corrected chi connectivity index (χ0v) is 22.5. The summed E-state index contributed by atoms with van der Waals surface area (Å²) in [5, 5.41) is 10.6. The van der Waals surface area contributed by atoms with E-state index in [2.05, 4.69) is 4.99 Å². The molecular formula is C27H38F3N3O4. The Morgan fingerprint density at radius 1 is 1.19 bits per heavy atom. The number of aliphatic hydroxyl groups is 1. The molecule has 1 aromatic carbocycles. The van der Waals surface area contributed by atoms with Crippen LogP contribution in [0.15, 0.2) is 29.3 Å². The van der Waals surface area contributed by atoms with Gasteiger partial charge in [-0.3, -0.25) is 14.2 Å². The van der Waals surface area contributed by atoms with Crippen LogP contribution in [0.1, 0.15) is 81.9 Å². The number of hydrogen-bond donors (Lipinski definition) is 1. The molecule has 0 spiro atoms. The molecule has 1 aromatic heterocycles. The van der Waals surface area contributed by atoms with Gasteiger partial charge in [0.1, 0.15) is 12.4 Å². The van der Waals surface area contributed by atoms with E-state index in [-0.39, 0.29) is 29.4 Å². The smallest absolute Gasteiger partial charge is 0.416 e. The van der Waals surface area contributed by atoms with Crippen LogP contribution in [0.2, 0.25) is 0 Å². The van der Waals surface area contributed by atoms with Crippen molar-refractivity contribution >= 4 is 5.91 Å². The fourth-order valence-corrected chi connectivity index (χ4v) is 4.39. The molecule has 1 fully saturated rings. The van der Waals surface area contributed by atoms with Gasteiger partial charge >= 0.3 is 6.18 Å². The minimum absolute atomic E-state index is 0.0383. The summed E-state index contributed by atoms with van der Waals surface area (Å²) >= 11 is 0. The fourth-order valence-electron chi connectivity index (χ4n) is 4.39.